The monoisotopic (exact) mass is 447 g/mol. The van der Waals surface area contributed by atoms with Crippen LogP contribution in [0.25, 0.3) is 0 Å². The Hall–Kier alpha value is -2.29. The summed E-state index contributed by atoms with van der Waals surface area (Å²) in [5.74, 6) is -0.325. The summed E-state index contributed by atoms with van der Waals surface area (Å²) in [6.07, 6.45) is 0. The average Bonchev–Trinajstić information content (AvgIpc) is 2.69. The van der Waals surface area contributed by atoms with Crippen molar-refractivity contribution in [3.63, 3.8) is 0 Å². The minimum Gasteiger partial charge on any atom is -0.378 e. The first-order valence-electron chi connectivity index (χ1n) is 8.38. The standard InChI is InChI=1S/C19H18BrN3O3S/c20-16-4-2-1-3-15(16)17(24)22-19(27)21-14-7-5-13(6-8-14)18(25)23-9-11-26-12-10-23/h1-8H,9-12H2,(H2,21,22,24,27). The highest BCUT2D eigenvalue weighted by Gasteiger charge is 2.18. The van der Waals surface area contributed by atoms with Gasteiger partial charge in [0.05, 0.1) is 18.8 Å². The molecule has 1 aliphatic heterocycles. The molecular formula is C19H18BrN3O3S. The Kier molecular flexibility index (Phi) is 6.54. The number of ether oxygens (including phenoxy) is 1. The summed E-state index contributed by atoms with van der Waals surface area (Å²) in [4.78, 5) is 26.5. The molecule has 2 N–H and O–H groups in total. The first-order chi connectivity index (χ1) is 13.0. The second kappa shape index (κ2) is 9.07. The van der Waals surface area contributed by atoms with Gasteiger partial charge in [0.1, 0.15) is 0 Å². The lowest BCUT2D eigenvalue weighted by Gasteiger charge is -2.26. The Balaban J connectivity index is 1.57. The molecular weight excluding hydrogens is 430 g/mol. The summed E-state index contributed by atoms with van der Waals surface area (Å²) >= 11 is 8.53. The average molecular weight is 448 g/mol. The van der Waals surface area contributed by atoms with E-state index in [1.807, 2.05) is 6.07 Å². The molecule has 0 spiro atoms. The van der Waals surface area contributed by atoms with E-state index in [2.05, 4.69) is 26.6 Å². The second-order valence-corrected chi connectivity index (χ2v) is 7.13. The van der Waals surface area contributed by atoms with Crippen molar-refractivity contribution in [3.05, 3.63) is 64.1 Å². The molecule has 0 bridgehead atoms. The van der Waals surface area contributed by atoms with Gasteiger partial charge in [-0.1, -0.05) is 12.1 Å². The minimum absolute atomic E-state index is 0.0188. The molecule has 0 saturated carbocycles. The van der Waals surface area contributed by atoms with Gasteiger partial charge in [0, 0.05) is 28.8 Å². The van der Waals surface area contributed by atoms with Crippen LogP contribution < -0.4 is 10.6 Å². The lowest BCUT2D eigenvalue weighted by Crippen LogP contribution is -2.40. The number of halogens is 1. The number of nitrogens with one attached hydrogen (secondary N) is 2. The van der Waals surface area contributed by atoms with Crippen molar-refractivity contribution in [1.82, 2.24) is 10.2 Å². The first kappa shape index (κ1) is 19.5. The van der Waals surface area contributed by atoms with Crippen LogP contribution in [0.2, 0.25) is 0 Å². The molecule has 140 valence electrons. The number of nitrogens with zero attached hydrogens (tertiary/aromatic N) is 1. The van der Waals surface area contributed by atoms with Gasteiger partial charge in [0.25, 0.3) is 11.8 Å². The zero-order chi connectivity index (χ0) is 19.2. The molecule has 2 aromatic carbocycles. The number of rotatable bonds is 3. The summed E-state index contributed by atoms with van der Waals surface area (Å²) in [6.45, 7) is 2.34. The lowest BCUT2D eigenvalue weighted by atomic mass is 10.1. The van der Waals surface area contributed by atoms with Crippen molar-refractivity contribution in [2.45, 2.75) is 0 Å². The van der Waals surface area contributed by atoms with E-state index in [-0.39, 0.29) is 16.9 Å². The molecule has 1 aliphatic rings. The van der Waals surface area contributed by atoms with Gasteiger partial charge in [-0.15, -0.1) is 0 Å². The minimum atomic E-state index is -0.306. The number of carbonyl (C=O) groups is 2. The van der Waals surface area contributed by atoms with E-state index in [1.54, 1.807) is 47.4 Å². The number of thiocarbonyl (C=S) groups is 1. The third-order valence-corrected chi connectivity index (χ3v) is 4.93. The third kappa shape index (κ3) is 5.12. The molecule has 2 aromatic rings. The van der Waals surface area contributed by atoms with Gasteiger partial charge < -0.3 is 15.0 Å². The molecule has 0 unspecified atom stereocenters. The van der Waals surface area contributed by atoms with Gasteiger partial charge in [0.2, 0.25) is 0 Å². The van der Waals surface area contributed by atoms with Crippen molar-refractivity contribution >= 4 is 50.8 Å². The highest BCUT2D eigenvalue weighted by molar-refractivity contribution is 9.10. The lowest BCUT2D eigenvalue weighted by molar-refractivity contribution is 0.0303. The highest BCUT2D eigenvalue weighted by atomic mass is 79.9. The van der Waals surface area contributed by atoms with Gasteiger partial charge in [-0.3, -0.25) is 14.9 Å². The molecule has 3 rings (SSSR count). The fraction of sp³-hybridized carbons (Fsp3) is 0.211. The van der Waals surface area contributed by atoms with Gasteiger partial charge in [0.15, 0.2) is 5.11 Å². The summed E-state index contributed by atoms with van der Waals surface area (Å²) in [5.41, 5.74) is 1.78. The maximum Gasteiger partial charge on any atom is 0.258 e. The molecule has 0 atom stereocenters. The van der Waals surface area contributed by atoms with Crippen LogP contribution in [0.5, 0.6) is 0 Å². The Morgan fingerprint density at radius 2 is 1.70 bits per heavy atom. The fourth-order valence-corrected chi connectivity index (χ4v) is 3.30. The second-order valence-electron chi connectivity index (χ2n) is 5.87. The normalized spacial score (nSPS) is 13.7. The smallest absolute Gasteiger partial charge is 0.258 e. The number of anilines is 1. The molecule has 1 heterocycles. The van der Waals surface area contributed by atoms with Gasteiger partial charge >= 0.3 is 0 Å². The number of carbonyl (C=O) groups excluding carboxylic acids is 2. The van der Waals surface area contributed by atoms with E-state index in [4.69, 9.17) is 17.0 Å². The third-order valence-electron chi connectivity index (χ3n) is 4.03. The van der Waals surface area contributed by atoms with Crippen molar-refractivity contribution in [2.24, 2.45) is 0 Å². The molecule has 2 amide bonds. The van der Waals surface area contributed by atoms with Crippen molar-refractivity contribution < 1.29 is 14.3 Å². The molecule has 6 nitrogen and oxygen atoms in total. The molecule has 1 fully saturated rings. The van der Waals surface area contributed by atoms with Gasteiger partial charge in [-0.05, 0) is 64.5 Å². The van der Waals surface area contributed by atoms with E-state index < -0.39 is 0 Å². The summed E-state index contributed by atoms with van der Waals surface area (Å²) in [6, 6.07) is 14.1. The molecule has 0 radical (unpaired) electrons. The maximum atomic E-state index is 12.4. The van der Waals surface area contributed by atoms with E-state index >= 15 is 0 Å². The zero-order valence-electron chi connectivity index (χ0n) is 14.4. The zero-order valence-corrected chi connectivity index (χ0v) is 16.8. The Morgan fingerprint density at radius 3 is 2.37 bits per heavy atom. The predicted molar refractivity (Wildman–Crippen MR) is 111 cm³/mol. The molecule has 0 aromatic heterocycles. The highest BCUT2D eigenvalue weighted by Crippen LogP contribution is 2.16. The van der Waals surface area contributed by atoms with Crippen LogP contribution in [0.1, 0.15) is 20.7 Å². The molecule has 0 aliphatic carbocycles. The van der Waals surface area contributed by atoms with Crippen LogP contribution in [0.3, 0.4) is 0 Å². The number of hydrogen-bond donors (Lipinski definition) is 2. The fourth-order valence-electron chi connectivity index (χ4n) is 2.62. The van der Waals surface area contributed by atoms with Crippen LogP contribution >= 0.6 is 28.1 Å². The SMILES string of the molecule is O=C(NC(=S)Nc1ccc(C(=O)N2CCOCC2)cc1)c1ccccc1Br. The maximum absolute atomic E-state index is 12.4. The predicted octanol–water partition coefficient (Wildman–Crippen LogP) is 3.05. The number of amides is 2. The quantitative estimate of drug-likeness (QED) is 0.707. The van der Waals surface area contributed by atoms with E-state index in [0.29, 0.717) is 47.6 Å². The van der Waals surface area contributed by atoms with Crippen molar-refractivity contribution in [2.75, 3.05) is 31.6 Å². The van der Waals surface area contributed by atoms with Crippen LogP contribution in [-0.2, 0) is 4.74 Å². The van der Waals surface area contributed by atoms with E-state index in [9.17, 15) is 9.59 Å². The van der Waals surface area contributed by atoms with Crippen molar-refractivity contribution in [1.29, 1.82) is 0 Å². The number of benzene rings is 2. The Bertz CT molecular complexity index is 852. The molecule has 27 heavy (non-hydrogen) atoms. The Labute approximate surface area is 171 Å². The summed E-state index contributed by atoms with van der Waals surface area (Å²) < 4.78 is 5.95. The van der Waals surface area contributed by atoms with E-state index in [1.165, 1.54) is 0 Å². The van der Waals surface area contributed by atoms with Crippen LogP contribution in [0.15, 0.2) is 53.0 Å². The van der Waals surface area contributed by atoms with Gasteiger partial charge in [-0.2, -0.15) is 0 Å². The molecule has 8 heteroatoms. The molecule has 1 saturated heterocycles. The van der Waals surface area contributed by atoms with E-state index in [0.717, 1.165) is 0 Å². The van der Waals surface area contributed by atoms with Crippen LogP contribution in [0, 0.1) is 0 Å². The van der Waals surface area contributed by atoms with Crippen molar-refractivity contribution in [3.8, 4) is 0 Å². The van der Waals surface area contributed by atoms with Gasteiger partial charge in [-0.25, -0.2) is 0 Å². The van der Waals surface area contributed by atoms with Crippen LogP contribution in [-0.4, -0.2) is 48.1 Å². The number of hydrogen-bond acceptors (Lipinski definition) is 4. The topological polar surface area (TPSA) is 70.7 Å². The largest absolute Gasteiger partial charge is 0.378 e. The van der Waals surface area contributed by atoms with Crippen LogP contribution in [0.4, 0.5) is 5.69 Å². The number of morpholine rings is 1. The Morgan fingerprint density at radius 1 is 1.04 bits per heavy atom. The summed E-state index contributed by atoms with van der Waals surface area (Å²) in [7, 11) is 0. The first-order valence-corrected chi connectivity index (χ1v) is 9.58. The summed E-state index contributed by atoms with van der Waals surface area (Å²) in [5, 5.41) is 5.77.